The van der Waals surface area contributed by atoms with E-state index in [1.807, 2.05) is 30.3 Å². The molecule has 0 aliphatic heterocycles. The lowest BCUT2D eigenvalue weighted by atomic mass is 10.1. The Hall–Kier alpha value is -3.93. The summed E-state index contributed by atoms with van der Waals surface area (Å²) in [7, 11) is 1.30. The summed E-state index contributed by atoms with van der Waals surface area (Å²) < 4.78 is 4.65. The molecule has 3 aromatic rings. The van der Waals surface area contributed by atoms with Gasteiger partial charge in [-0.2, -0.15) is 0 Å². The quantitative estimate of drug-likeness (QED) is 0.577. The Kier molecular flexibility index (Phi) is 6.95. The lowest BCUT2D eigenvalue weighted by molar-refractivity contribution is -0.116. The molecule has 0 heterocycles. The molecule has 0 aromatic heterocycles. The van der Waals surface area contributed by atoms with E-state index in [1.54, 1.807) is 36.4 Å². The van der Waals surface area contributed by atoms with Crippen LogP contribution in [0.5, 0.6) is 0 Å². The van der Waals surface area contributed by atoms with Crippen LogP contribution in [0.25, 0.3) is 0 Å². The first-order valence-electron chi connectivity index (χ1n) is 9.49. The van der Waals surface area contributed by atoms with Gasteiger partial charge in [-0.15, -0.1) is 0 Å². The molecule has 2 amide bonds. The van der Waals surface area contributed by atoms with Crippen molar-refractivity contribution in [3.8, 4) is 0 Å². The van der Waals surface area contributed by atoms with Gasteiger partial charge in [-0.1, -0.05) is 36.4 Å². The molecule has 152 valence electrons. The van der Waals surface area contributed by atoms with Crippen LogP contribution in [0.4, 0.5) is 11.4 Å². The van der Waals surface area contributed by atoms with Crippen molar-refractivity contribution in [1.82, 2.24) is 0 Å². The number of benzene rings is 3. The Morgan fingerprint density at radius 2 is 1.40 bits per heavy atom. The van der Waals surface area contributed by atoms with Gasteiger partial charge in [0.15, 0.2) is 0 Å². The number of anilines is 2. The van der Waals surface area contributed by atoms with Crippen molar-refractivity contribution in [3.05, 3.63) is 95.6 Å². The summed E-state index contributed by atoms with van der Waals surface area (Å²) in [5.41, 5.74) is 3.03. The fraction of sp³-hybridized carbons (Fsp3) is 0.125. The highest BCUT2D eigenvalue weighted by Crippen LogP contribution is 2.17. The average molecular weight is 402 g/mol. The Bertz CT molecular complexity index is 1030. The number of nitrogens with one attached hydrogen (secondary N) is 2. The molecule has 0 aliphatic carbocycles. The summed E-state index contributed by atoms with van der Waals surface area (Å²) in [6.07, 6.45) is 1.03. The maximum atomic E-state index is 12.4. The van der Waals surface area contributed by atoms with Crippen molar-refractivity contribution in [2.24, 2.45) is 0 Å². The third-order valence-corrected chi connectivity index (χ3v) is 4.46. The molecular weight excluding hydrogens is 380 g/mol. The minimum Gasteiger partial charge on any atom is -0.465 e. The number of esters is 1. The first kappa shape index (κ1) is 20.8. The highest BCUT2D eigenvalue weighted by molar-refractivity contribution is 6.05. The van der Waals surface area contributed by atoms with Gasteiger partial charge in [-0.3, -0.25) is 9.59 Å². The number of aryl methyl sites for hydroxylation is 1. The van der Waals surface area contributed by atoms with Crippen molar-refractivity contribution in [2.75, 3.05) is 17.7 Å². The highest BCUT2D eigenvalue weighted by Gasteiger charge is 2.10. The molecule has 6 nitrogen and oxygen atoms in total. The van der Waals surface area contributed by atoms with Crippen molar-refractivity contribution in [1.29, 1.82) is 0 Å². The number of carbonyl (C=O) groups is 3. The normalized spacial score (nSPS) is 10.2. The maximum absolute atomic E-state index is 12.4. The van der Waals surface area contributed by atoms with Gasteiger partial charge >= 0.3 is 5.97 Å². The van der Waals surface area contributed by atoms with Crippen LogP contribution in [-0.2, 0) is 16.0 Å². The van der Waals surface area contributed by atoms with Crippen molar-refractivity contribution >= 4 is 29.2 Å². The SMILES string of the molecule is COC(=O)c1ccc(C(=O)Nc2cccc(NC(=O)CCc3ccccc3)c2)cc1. The molecule has 2 N–H and O–H groups in total. The van der Waals surface area contributed by atoms with E-state index in [1.165, 1.54) is 19.2 Å². The zero-order chi connectivity index (χ0) is 21.3. The first-order valence-corrected chi connectivity index (χ1v) is 9.49. The van der Waals surface area contributed by atoms with Crippen LogP contribution in [0.15, 0.2) is 78.9 Å². The van der Waals surface area contributed by atoms with Crippen molar-refractivity contribution < 1.29 is 19.1 Å². The third kappa shape index (κ3) is 5.78. The molecule has 30 heavy (non-hydrogen) atoms. The standard InChI is InChI=1S/C24H22N2O4/c1-30-24(29)19-13-11-18(12-14-19)23(28)26-21-9-5-8-20(16-21)25-22(27)15-10-17-6-3-2-4-7-17/h2-9,11-14,16H,10,15H2,1H3,(H,25,27)(H,26,28). The number of rotatable bonds is 7. The second kappa shape index (κ2) is 10.0. The Labute approximate surface area is 174 Å². The zero-order valence-electron chi connectivity index (χ0n) is 16.6. The van der Waals surface area contributed by atoms with Crippen LogP contribution in [0.1, 0.15) is 32.7 Å². The van der Waals surface area contributed by atoms with Crippen LogP contribution in [-0.4, -0.2) is 24.9 Å². The van der Waals surface area contributed by atoms with E-state index < -0.39 is 5.97 Å². The minimum absolute atomic E-state index is 0.0965. The van der Waals surface area contributed by atoms with Crippen LogP contribution < -0.4 is 10.6 Å². The van der Waals surface area contributed by atoms with E-state index in [9.17, 15) is 14.4 Å². The van der Waals surface area contributed by atoms with E-state index in [4.69, 9.17) is 0 Å². The van der Waals surface area contributed by atoms with E-state index in [-0.39, 0.29) is 11.8 Å². The van der Waals surface area contributed by atoms with Crippen LogP contribution >= 0.6 is 0 Å². The van der Waals surface area contributed by atoms with Gasteiger partial charge in [0.25, 0.3) is 5.91 Å². The van der Waals surface area contributed by atoms with E-state index >= 15 is 0 Å². The maximum Gasteiger partial charge on any atom is 0.337 e. The van der Waals surface area contributed by atoms with Crippen molar-refractivity contribution in [3.63, 3.8) is 0 Å². The largest absolute Gasteiger partial charge is 0.465 e. The third-order valence-electron chi connectivity index (χ3n) is 4.46. The average Bonchev–Trinajstić information content (AvgIpc) is 2.78. The summed E-state index contributed by atoms with van der Waals surface area (Å²) in [5, 5.41) is 5.64. The number of methoxy groups -OCH3 is 1. The van der Waals surface area contributed by atoms with E-state index in [0.717, 1.165) is 5.56 Å². The molecule has 0 saturated carbocycles. The van der Waals surface area contributed by atoms with Gasteiger partial charge in [-0.05, 0) is 54.4 Å². The molecule has 0 radical (unpaired) electrons. The zero-order valence-corrected chi connectivity index (χ0v) is 16.6. The van der Waals surface area contributed by atoms with Crippen molar-refractivity contribution in [2.45, 2.75) is 12.8 Å². The first-order chi connectivity index (χ1) is 14.5. The van der Waals surface area contributed by atoms with Crippen LogP contribution in [0.2, 0.25) is 0 Å². The Morgan fingerprint density at radius 1 is 0.767 bits per heavy atom. The molecule has 0 saturated heterocycles. The van der Waals surface area contributed by atoms with Gasteiger partial charge in [0.05, 0.1) is 12.7 Å². The highest BCUT2D eigenvalue weighted by atomic mass is 16.5. The molecule has 0 fully saturated rings. The fourth-order valence-corrected chi connectivity index (χ4v) is 2.88. The summed E-state index contributed by atoms with van der Waals surface area (Å²) in [5.74, 6) is -0.877. The van der Waals surface area contributed by atoms with Gasteiger partial charge < -0.3 is 15.4 Å². The molecule has 3 aromatic carbocycles. The molecule has 0 aliphatic rings. The molecule has 6 heteroatoms. The number of hydrogen-bond donors (Lipinski definition) is 2. The van der Waals surface area contributed by atoms with E-state index in [0.29, 0.717) is 35.3 Å². The van der Waals surface area contributed by atoms with E-state index in [2.05, 4.69) is 15.4 Å². The molecule has 0 bridgehead atoms. The number of carbonyl (C=O) groups excluding carboxylic acids is 3. The van der Waals surface area contributed by atoms with Gasteiger partial charge in [0, 0.05) is 23.4 Å². The molecule has 3 rings (SSSR count). The Balaban J connectivity index is 1.57. The number of amides is 2. The molecule has 0 spiro atoms. The second-order valence-electron chi connectivity index (χ2n) is 6.64. The topological polar surface area (TPSA) is 84.5 Å². The second-order valence-corrected chi connectivity index (χ2v) is 6.64. The number of ether oxygens (including phenoxy) is 1. The summed E-state index contributed by atoms with van der Waals surface area (Å²) in [6, 6.07) is 22.9. The fourth-order valence-electron chi connectivity index (χ4n) is 2.88. The lowest BCUT2D eigenvalue weighted by Crippen LogP contribution is -2.14. The smallest absolute Gasteiger partial charge is 0.337 e. The monoisotopic (exact) mass is 402 g/mol. The molecule has 0 unspecified atom stereocenters. The summed E-state index contributed by atoms with van der Waals surface area (Å²) in [4.78, 5) is 36.1. The summed E-state index contributed by atoms with van der Waals surface area (Å²) >= 11 is 0. The van der Waals surface area contributed by atoms with Gasteiger partial charge in [-0.25, -0.2) is 4.79 Å². The predicted octanol–water partition coefficient (Wildman–Crippen LogP) is 4.30. The Morgan fingerprint density at radius 3 is 2.07 bits per heavy atom. The summed E-state index contributed by atoms with van der Waals surface area (Å²) in [6.45, 7) is 0. The van der Waals surface area contributed by atoms with Gasteiger partial charge in [0.1, 0.15) is 0 Å². The molecular formula is C24H22N2O4. The molecule has 0 atom stereocenters. The predicted molar refractivity (Wildman–Crippen MR) is 116 cm³/mol. The van der Waals surface area contributed by atoms with Crippen LogP contribution in [0, 0.1) is 0 Å². The lowest BCUT2D eigenvalue weighted by Gasteiger charge is -2.09. The van der Waals surface area contributed by atoms with Crippen LogP contribution in [0.3, 0.4) is 0 Å². The van der Waals surface area contributed by atoms with Gasteiger partial charge in [0.2, 0.25) is 5.91 Å². The minimum atomic E-state index is -0.460. The number of hydrogen-bond acceptors (Lipinski definition) is 4.